The van der Waals surface area contributed by atoms with Gasteiger partial charge in [-0.05, 0) is 45.0 Å². The Bertz CT molecular complexity index is 1450. The second-order valence-electron chi connectivity index (χ2n) is 11.4. The Kier molecular flexibility index (Phi) is 7.68. The number of carbonyl (C=O) groups is 4. The highest BCUT2D eigenvalue weighted by atomic mass is 16.5. The smallest absolute Gasteiger partial charge is 0.328 e. The number of aliphatic hydroxyl groups is 4. The van der Waals surface area contributed by atoms with Gasteiger partial charge in [-0.3, -0.25) is 19.3 Å². The fraction of sp³-hybridized carbons (Fsp3) is 0.517. The Morgan fingerprint density at radius 3 is 2.31 bits per heavy atom. The maximum atomic E-state index is 14.3. The maximum absolute atomic E-state index is 14.3. The van der Waals surface area contributed by atoms with E-state index in [0.717, 1.165) is 0 Å². The standard InChI is InChI=1S/C29H37N3O10/c1-7-13(27(40)42-8-2)31-14-10-9-12-11(3)28(4)18(21(34)15(12)20(14)33)25(38)29(41)17(24(28)37)19(32(5)6)22(35)16(23(29)36)26(30)39/h9-11,13,17,19,24,31,33-34,36-37,41H,7-8H2,1-6H3,(H2,30,39)/t11-,13?,17+,19-,24+,28+,29+/m1/s1. The molecule has 0 aromatic heterocycles. The van der Waals surface area contributed by atoms with Crippen molar-refractivity contribution in [3.63, 3.8) is 0 Å². The van der Waals surface area contributed by atoms with Crippen LogP contribution >= 0.6 is 0 Å². The van der Waals surface area contributed by atoms with E-state index in [1.807, 2.05) is 0 Å². The summed E-state index contributed by atoms with van der Waals surface area (Å²) in [4.78, 5) is 53.5. The van der Waals surface area contributed by atoms with E-state index < -0.39 is 92.9 Å². The van der Waals surface area contributed by atoms with Crippen molar-refractivity contribution in [2.75, 3.05) is 26.0 Å². The van der Waals surface area contributed by atoms with Gasteiger partial charge < -0.3 is 41.3 Å². The molecule has 13 heteroatoms. The molecule has 3 aliphatic rings. The first kappa shape index (κ1) is 31.0. The number of Topliss-reactive ketones (excluding diaryl/α,β-unsaturated/α-hetero) is 2. The molecule has 228 valence electrons. The second kappa shape index (κ2) is 10.4. The van der Waals surface area contributed by atoms with Crippen LogP contribution in [-0.4, -0.2) is 98.4 Å². The third-order valence-corrected chi connectivity index (χ3v) is 9.16. The number of esters is 1. The van der Waals surface area contributed by atoms with Gasteiger partial charge in [0.05, 0.1) is 41.5 Å². The van der Waals surface area contributed by atoms with E-state index in [1.54, 1.807) is 26.8 Å². The molecule has 7 atom stereocenters. The number of amides is 1. The predicted molar refractivity (Wildman–Crippen MR) is 149 cm³/mol. The molecule has 1 aromatic rings. The number of aliphatic hydroxyl groups excluding tert-OH is 3. The van der Waals surface area contributed by atoms with Crippen LogP contribution in [0, 0.1) is 11.3 Å². The van der Waals surface area contributed by atoms with Gasteiger partial charge >= 0.3 is 5.97 Å². The van der Waals surface area contributed by atoms with Crippen LogP contribution in [0.5, 0.6) is 5.75 Å². The van der Waals surface area contributed by atoms with Crippen LogP contribution in [0.1, 0.15) is 51.2 Å². The molecule has 0 radical (unpaired) electrons. The summed E-state index contributed by atoms with van der Waals surface area (Å²) in [7, 11) is 2.89. The fourth-order valence-electron chi connectivity index (χ4n) is 6.79. The number of fused-ring (bicyclic) bond motifs is 3. The average Bonchev–Trinajstić information content (AvgIpc) is 2.91. The Morgan fingerprint density at radius 2 is 1.79 bits per heavy atom. The minimum Gasteiger partial charge on any atom is -0.508 e. The van der Waals surface area contributed by atoms with Crippen molar-refractivity contribution >= 4 is 34.9 Å². The highest BCUT2D eigenvalue weighted by Gasteiger charge is 2.71. The lowest BCUT2D eigenvalue weighted by Gasteiger charge is -2.58. The lowest BCUT2D eigenvalue weighted by molar-refractivity contribution is -0.178. The number of aromatic hydroxyl groups is 1. The number of primary amides is 1. The fourth-order valence-corrected chi connectivity index (χ4v) is 6.79. The van der Waals surface area contributed by atoms with E-state index in [0.29, 0.717) is 12.0 Å². The van der Waals surface area contributed by atoms with Gasteiger partial charge in [0.15, 0.2) is 11.4 Å². The molecule has 13 nitrogen and oxygen atoms in total. The number of likely N-dealkylation sites (N-methyl/N-ethyl adjacent to an activating group) is 1. The first-order valence-corrected chi connectivity index (χ1v) is 13.7. The van der Waals surface area contributed by atoms with E-state index in [4.69, 9.17) is 10.5 Å². The number of hydrogen-bond acceptors (Lipinski definition) is 12. The van der Waals surface area contributed by atoms with Crippen molar-refractivity contribution in [1.29, 1.82) is 0 Å². The molecule has 1 amide bonds. The number of nitrogens with zero attached hydrogens (tertiary/aromatic N) is 1. The molecular weight excluding hydrogens is 550 g/mol. The van der Waals surface area contributed by atoms with Crippen LogP contribution in [0.3, 0.4) is 0 Å². The van der Waals surface area contributed by atoms with E-state index in [9.17, 15) is 44.7 Å². The van der Waals surface area contributed by atoms with Crippen molar-refractivity contribution in [3.05, 3.63) is 40.2 Å². The molecular formula is C29H37N3O10. The van der Waals surface area contributed by atoms with Crippen LogP contribution in [0.15, 0.2) is 29.0 Å². The zero-order valence-electron chi connectivity index (χ0n) is 24.3. The Morgan fingerprint density at radius 1 is 1.17 bits per heavy atom. The number of phenols is 1. The highest BCUT2D eigenvalue weighted by Crippen LogP contribution is 2.62. The van der Waals surface area contributed by atoms with E-state index >= 15 is 0 Å². The molecule has 3 aliphatic carbocycles. The first-order valence-electron chi connectivity index (χ1n) is 13.7. The summed E-state index contributed by atoms with van der Waals surface area (Å²) in [6, 6.07) is 0.762. The Balaban J connectivity index is 1.98. The number of anilines is 1. The number of ketones is 2. The Labute approximate surface area is 242 Å². The van der Waals surface area contributed by atoms with Gasteiger partial charge in [0.1, 0.15) is 28.9 Å². The molecule has 1 aromatic carbocycles. The van der Waals surface area contributed by atoms with Crippen LogP contribution in [0.2, 0.25) is 0 Å². The molecule has 0 heterocycles. The van der Waals surface area contributed by atoms with Gasteiger partial charge in [-0.15, -0.1) is 0 Å². The SMILES string of the molecule is CCOC(=O)C(CC)Nc1ccc2c(c1O)C(O)=C1C(=O)[C@@]3(O)C(O)=C(C(N)=O)C(=O)[C@H](N(C)C)[C@H]3[C@H](O)[C@@]1(C)[C@@H]2C. The number of ether oxygens (including phenoxy) is 1. The molecule has 1 unspecified atom stereocenters. The zero-order valence-corrected chi connectivity index (χ0v) is 24.3. The third-order valence-electron chi connectivity index (χ3n) is 9.16. The molecule has 42 heavy (non-hydrogen) atoms. The highest BCUT2D eigenvalue weighted by molar-refractivity contribution is 6.24. The molecule has 0 aliphatic heterocycles. The summed E-state index contributed by atoms with van der Waals surface area (Å²) in [5.41, 5.74) is -0.599. The normalized spacial score (nSPS) is 31.4. The summed E-state index contributed by atoms with van der Waals surface area (Å²) >= 11 is 0. The number of nitrogens with two attached hydrogens (primary N) is 1. The molecule has 0 spiro atoms. The minimum atomic E-state index is -3.02. The van der Waals surface area contributed by atoms with Crippen LogP contribution in [0.25, 0.3) is 5.76 Å². The molecule has 0 saturated heterocycles. The number of benzene rings is 1. The van der Waals surface area contributed by atoms with Gasteiger partial charge in [0, 0.05) is 5.41 Å². The molecule has 0 bridgehead atoms. The van der Waals surface area contributed by atoms with Crippen molar-refractivity contribution in [3.8, 4) is 5.75 Å². The summed E-state index contributed by atoms with van der Waals surface area (Å²) in [6.07, 6.45) is -1.43. The minimum absolute atomic E-state index is 0.0479. The van der Waals surface area contributed by atoms with Gasteiger partial charge in [-0.1, -0.05) is 26.8 Å². The van der Waals surface area contributed by atoms with Crippen molar-refractivity contribution < 1.29 is 49.4 Å². The van der Waals surface area contributed by atoms with E-state index in [-0.39, 0.29) is 17.9 Å². The number of hydrogen-bond donors (Lipinski definition) is 7. The largest absolute Gasteiger partial charge is 0.508 e. The summed E-state index contributed by atoms with van der Waals surface area (Å²) in [5.74, 6) is -9.24. The lowest BCUT2D eigenvalue weighted by Crippen LogP contribution is -2.72. The molecule has 1 fully saturated rings. The van der Waals surface area contributed by atoms with Gasteiger partial charge in [0.2, 0.25) is 5.78 Å². The molecule has 1 saturated carbocycles. The van der Waals surface area contributed by atoms with Crippen molar-refractivity contribution in [1.82, 2.24) is 4.90 Å². The van der Waals surface area contributed by atoms with Gasteiger partial charge in [0.25, 0.3) is 5.91 Å². The van der Waals surface area contributed by atoms with Crippen LogP contribution < -0.4 is 11.1 Å². The third kappa shape index (κ3) is 3.94. The topological polar surface area (TPSA) is 220 Å². The van der Waals surface area contributed by atoms with Crippen molar-refractivity contribution in [2.24, 2.45) is 17.1 Å². The number of nitrogens with one attached hydrogen (secondary N) is 1. The predicted octanol–water partition coefficient (Wildman–Crippen LogP) is 0.640. The number of phenolic OH excluding ortho intramolecular Hbond substituents is 1. The molecule has 4 rings (SSSR count). The molecule has 8 N–H and O–H groups in total. The second-order valence-corrected chi connectivity index (χ2v) is 11.4. The van der Waals surface area contributed by atoms with Crippen LogP contribution in [0.4, 0.5) is 5.69 Å². The van der Waals surface area contributed by atoms with Gasteiger partial charge in [-0.25, -0.2) is 4.79 Å². The number of carbonyl (C=O) groups excluding carboxylic acids is 4. The average molecular weight is 588 g/mol. The Hall–Kier alpha value is -3.94. The van der Waals surface area contributed by atoms with E-state index in [1.165, 1.54) is 32.0 Å². The number of rotatable bonds is 7. The zero-order chi connectivity index (χ0) is 31.6. The first-order chi connectivity index (χ1) is 19.5. The quantitative estimate of drug-likeness (QED) is 0.133. The van der Waals surface area contributed by atoms with Crippen molar-refractivity contribution in [2.45, 2.75) is 63.8 Å². The lowest BCUT2D eigenvalue weighted by atomic mass is 9.48. The summed E-state index contributed by atoms with van der Waals surface area (Å²) < 4.78 is 5.07. The summed E-state index contributed by atoms with van der Waals surface area (Å²) in [6.45, 7) is 6.65. The van der Waals surface area contributed by atoms with E-state index in [2.05, 4.69) is 5.32 Å². The summed E-state index contributed by atoms with van der Waals surface area (Å²) in [5, 5.41) is 60.6. The van der Waals surface area contributed by atoms with Crippen LogP contribution in [-0.2, 0) is 23.9 Å². The monoisotopic (exact) mass is 587 g/mol. The maximum Gasteiger partial charge on any atom is 0.328 e. The van der Waals surface area contributed by atoms with Gasteiger partial charge in [-0.2, -0.15) is 0 Å².